The van der Waals surface area contributed by atoms with Crippen LogP contribution in [0, 0.1) is 17.3 Å². The van der Waals surface area contributed by atoms with Crippen molar-refractivity contribution in [2.75, 3.05) is 0 Å². The molecule has 0 heterocycles. The van der Waals surface area contributed by atoms with Gasteiger partial charge in [-0.2, -0.15) is 0 Å². The van der Waals surface area contributed by atoms with Crippen LogP contribution in [0.2, 0.25) is 0 Å². The van der Waals surface area contributed by atoms with Gasteiger partial charge in [-0.25, -0.2) is 0 Å². The molecule has 1 aliphatic rings. The molecule has 1 aliphatic carbocycles. The fourth-order valence-corrected chi connectivity index (χ4v) is 2.47. The summed E-state index contributed by atoms with van der Waals surface area (Å²) < 4.78 is 0. The van der Waals surface area contributed by atoms with Crippen molar-refractivity contribution in [1.29, 1.82) is 0 Å². The molecule has 3 atom stereocenters. The molecule has 1 unspecified atom stereocenters. The molecule has 16 heavy (non-hydrogen) atoms. The maximum absolute atomic E-state index is 10.2. The number of hydrogen-bond donors (Lipinski definition) is 1. The molecular weight excluding hydrogens is 196 g/mol. The van der Waals surface area contributed by atoms with E-state index in [-0.39, 0.29) is 17.4 Å². The minimum absolute atomic E-state index is 0.0460. The van der Waals surface area contributed by atoms with Crippen molar-refractivity contribution < 1.29 is 5.11 Å². The van der Waals surface area contributed by atoms with Crippen molar-refractivity contribution in [2.24, 2.45) is 17.3 Å². The van der Waals surface area contributed by atoms with Crippen LogP contribution in [-0.2, 0) is 0 Å². The lowest BCUT2D eigenvalue weighted by Crippen LogP contribution is -2.42. The van der Waals surface area contributed by atoms with Crippen LogP contribution in [-0.4, -0.2) is 11.2 Å². The highest BCUT2D eigenvalue weighted by Gasteiger charge is 2.39. The second-order valence-corrected chi connectivity index (χ2v) is 5.52. The van der Waals surface area contributed by atoms with Gasteiger partial charge in [0.15, 0.2) is 0 Å². The van der Waals surface area contributed by atoms with E-state index >= 15 is 0 Å². The number of aliphatic hydroxyl groups excluding tert-OH is 1. The number of hydrogen-bond acceptors (Lipinski definition) is 1. The smallest absolute Gasteiger partial charge is 0.0656 e. The highest BCUT2D eigenvalue weighted by atomic mass is 16.3. The summed E-state index contributed by atoms with van der Waals surface area (Å²) in [5.41, 5.74) is 1.03. The van der Waals surface area contributed by atoms with E-state index in [9.17, 15) is 5.11 Å². The molecule has 1 heteroatoms. The Bertz CT molecular complexity index is 299. The molecule has 0 saturated carbocycles. The van der Waals surface area contributed by atoms with Crippen molar-refractivity contribution in [3.05, 3.63) is 37.0 Å². The summed E-state index contributed by atoms with van der Waals surface area (Å²) in [6.07, 6.45) is 7.96. The van der Waals surface area contributed by atoms with Gasteiger partial charge in [-0.05, 0) is 24.2 Å². The molecule has 1 nitrogen and oxygen atoms in total. The van der Waals surface area contributed by atoms with Crippen LogP contribution in [0.3, 0.4) is 0 Å². The molecule has 0 radical (unpaired) electrons. The molecule has 1 N–H and O–H groups in total. The Hall–Kier alpha value is -0.820. The van der Waals surface area contributed by atoms with E-state index in [4.69, 9.17) is 0 Å². The summed E-state index contributed by atoms with van der Waals surface area (Å²) in [4.78, 5) is 0. The lowest BCUT2D eigenvalue weighted by atomic mass is 9.65. The van der Waals surface area contributed by atoms with Gasteiger partial charge >= 0.3 is 0 Å². The van der Waals surface area contributed by atoms with Crippen LogP contribution in [0.15, 0.2) is 37.0 Å². The van der Waals surface area contributed by atoms with Crippen LogP contribution in [0.1, 0.15) is 33.6 Å². The maximum atomic E-state index is 10.2. The Balaban J connectivity index is 2.69. The molecule has 0 bridgehead atoms. The first-order valence-corrected chi connectivity index (χ1v) is 6.06. The Morgan fingerprint density at radius 1 is 1.44 bits per heavy atom. The fourth-order valence-electron chi connectivity index (χ4n) is 2.47. The van der Waals surface area contributed by atoms with Gasteiger partial charge in [0.25, 0.3) is 0 Å². The summed E-state index contributed by atoms with van der Waals surface area (Å²) in [6.45, 7) is 14.0. The summed E-state index contributed by atoms with van der Waals surface area (Å²) in [7, 11) is 0. The van der Waals surface area contributed by atoms with Gasteiger partial charge in [-0.15, -0.1) is 0 Å². The lowest BCUT2D eigenvalue weighted by molar-refractivity contribution is -0.0149. The molecule has 0 spiro atoms. The first-order chi connectivity index (χ1) is 7.39. The van der Waals surface area contributed by atoms with Crippen molar-refractivity contribution in [3.8, 4) is 0 Å². The first-order valence-electron chi connectivity index (χ1n) is 6.06. The minimum Gasteiger partial charge on any atom is -0.392 e. The molecule has 0 aromatic heterocycles. The zero-order valence-electron chi connectivity index (χ0n) is 10.7. The summed E-state index contributed by atoms with van der Waals surface area (Å²) in [5.74, 6) is 0.684. The average molecular weight is 220 g/mol. The zero-order chi connectivity index (χ0) is 12.3. The second kappa shape index (κ2) is 5.01. The monoisotopic (exact) mass is 220 g/mol. The van der Waals surface area contributed by atoms with E-state index in [0.717, 1.165) is 18.4 Å². The van der Waals surface area contributed by atoms with E-state index in [2.05, 4.69) is 46.1 Å². The molecule has 0 saturated heterocycles. The van der Waals surface area contributed by atoms with Gasteiger partial charge in [-0.1, -0.05) is 57.7 Å². The van der Waals surface area contributed by atoms with Crippen molar-refractivity contribution in [1.82, 2.24) is 0 Å². The third-order valence-electron chi connectivity index (χ3n) is 3.93. The van der Waals surface area contributed by atoms with Gasteiger partial charge in [0, 0.05) is 5.92 Å². The predicted molar refractivity (Wildman–Crippen MR) is 70.2 cm³/mol. The normalized spacial score (nSPS) is 32.4. The third kappa shape index (κ3) is 2.65. The predicted octanol–water partition coefficient (Wildman–Crippen LogP) is 3.72. The zero-order valence-corrected chi connectivity index (χ0v) is 10.7. The number of aliphatic hydroxyl groups is 1. The van der Waals surface area contributed by atoms with E-state index in [1.54, 1.807) is 0 Å². The van der Waals surface area contributed by atoms with E-state index in [1.165, 1.54) is 0 Å². The van der Waals surface area contributed by atoms with Crippen molar-refractivity contribution >= 4 is 0 Å². The van der Waals surface area contributed by atoms with Crippen LogP contribution >= 0.6 is 0 Å². The molecule has 0 amide bonds. The van der Waals surface area contributed by atoms with Gasteiger partial charge in [0.05, 0.1) is 6.10 Å². The van der Waals surface area contributed by atoms with Gasteiger partial charge in [-0.3, -0.25) is 0 Å². The molecule has 0 fully saturated rings. The van der Waals surface area contributed by atoms with E-state index < -0.39 is 0 Å². The summed E-state index contributed by atoms with van der Waals surface area (Å²) in [5, 5.41) is 10.2. The summed E-state index contributed by atoms with van der Waals surface area (Å²) in [6, 6.07) is 0. The van der Waals surface area contributed by atoms with Gasteiger partial charge < -0.3 is 5.11 Å². The minimum atomic E-state index is -0.250. The Morgan fingerprint density at radius 2 is 2.06 bits per heavy atom. The molecule has 0 aliphatic heterocycles. The fraction of sp³-hybridized carbons (Fsp3) is 0.600. The highest BCUT2D eigenvalue weighted by molar-refractivity contribution is 5.13. The van der Waals surface area contributed by atoms with Gasteiger partial charge in [0.1, 0.15) is 0 Å². The number of allylic oxidation sites excluding steroid dienone is 3. The molecule has 90 valence electrons. The molecule has 1 rings (SSSR count). The highest BCUT2D eigenvalue weighted by Crippen LogP contribution is 2.42. The first kappa shape index (κ1) is 13.2. The van der Waals surface area contributed by atoms with Crippen LogP contribution in [0.5, 0.6) is 0 Å². The molecular formula is C15H24O. The van der Waals surface area contributed by atoms with Crippen molar-refractivity contribution in [3.63, 3.8) is 0 Å². The van der Waals surface area contributed by atoms with Gasteiger partial charge in [0.2, 0.25) is 0 Å². The van der Waals surface area contributed by atoms with E-state index in [1.807, 2.05) is 6.08 Å². The Labute approximate surface area is 99.6 Å². The summed E-state index contributed by atoms with van der Waals surface area (Å²) >= 11 is 0. The van der Waals surface area contributed by atoms with Crippen LogP contribution in [0.25, 0.3) is 0 Å². The third-order valence-corrected chi connectivity index (χ3v) is 3.93. The molecule has 0 aromatic rings. The average Bonchev–Trinajstić information content (AvgIpc) is 2.24. The SMILES string of the molecule is C=CC(=C)CC[C@H]1C=CC(C)[C@@H](O)C1(C)C. The quantitative estimate of drug-likeness (QED) is 0.565. The number of rotatable bonds is 4. The Kier molecular flexibility index (Phi) is 4.15. The van der Waals surface area contributed by atoms with Crippen LogP contribution < -0.4 is 0 Å². The lowest BCUT2D eigenvalue weighted by Gasteiger charge is -2.42. The largest absolute Gasteiger partial charge is 0.392 e. The standard InChI is InChI=1S/C15H24O/c1-6-11(2)7-9-13-10-8-12(3)14(16)15(13,4)5/h6,8,10,12-14,16H,1-2,7,9H2,3-5H3/t12?,13-,14+/m0/s1. The van der Waals surface area contributed by atoms with Crippen molar-refractivity contribution in [2.45, 2.75) is 39.7 Å². The Morgan fingerprint density at radius 3 is 2.62 bits per heavy atom. The topological polar surface area (TPSA) is 20.2 Å². The van der Waals surface area contributed by atoms with E-state index in [0.29, 0.717) is 5.92 Å². The molecule has 0 aromatic carbocycles. The maximum Gasteiger partial charge on any atom is 0.0656 e. The van der Waals surface area contributed by atoms with Crippen LogP contribution in [0.4, 0.5) is 0 Å². The second-order valence-electron chi connectivity index (χ2n) is 5.52.